The van der Waals surface area contributed by atoms with Crippen molar-refractivity contribution < 1.29 is 14.7 Å². The maximum absolute atomic E-state index is 12.1. The maximum atomic E-state index is 12.1. The average molecular weight is 290 g/mol. The first-order valence-electron chi connectivity index (χ1n) is 7.29. The number of nitrogens with zero attached hydrogens (tertiary/aromatic N) is 1. The molecule has 1 saturated heterocycles. The number of nitrogens with two attached hydrogens (primary N) is 1. The topological polar surface area (TPSA) is 83.6 Å². The van der Waals surface area contributed by atoms with Crippen molar-refractivity contribution in [1.29, 1.82) is 0 Å². The molecule has 0 bridgehead atoms. The summed E-state index contributed by atoms with van der Waals surface area (Å²) in [4.78, 5) is 25.7. The van der Waals surface area contributed by atoms with Gasteiger partial charge in [0.1, 0.15) is 0 Å². The molecule has 1 amide bonds. The summed E-state index contributed by atoms with van der Waals surface area (Å²) in [5, 5.41) is 9.70. The van der Waals surface area contributed by atoms with Gasteiger partial charge >= 0.3 is 5.97 Å². The molecule has 1 fully saturated rings. The molecule has 1 aliphatic heterocycles. The highest BCUT2D eigenvalue weighted by atomic mass is 16.4. The summed E-state index contributed by atoms with van der Waals surface area (Å²) in [5.41, 5.74) is 5.46. The molecule has 114 valence electrons. The van der Waals surface area contributed by atoms with Gasteiger partial charge in [-0.2, -0.15) is 0 Å². The minimum Gasteiger partial charge on any atom is -0.481 e. The van der Waals surface area contributed by atoms with E-state index in [2.05, 4.69) is 0 Å². The Bertz CT molecular complexity index is 508. The summed E-state index contributed by atoms with van der Waals surface area (Å²) in [6, 6.07) is 9.30. The summed E-state index contributed by atoms with van der Waals surface area (Å²) in [5.74, 6) is -1.00. The fraction of sp³-hybridized carbons (Fsp3) is 0.500. The van der Waals surface area contributed by atoms with Gasteiger partial charge in [-0.25, -0.2) is 0 Å². The lowest BCUT2D eigenvalue weighted by atomic mass is 9.72. The van der Waals surface area contributed by atoms with Crippen LogP contribution < -0.4 is 5.73 Å². The lowest BCUT2D eigenvalue weighted by Crippen LogP contribution is -2.50. The van der Waals surface area contributed by atoms with Crippen LogP contribution in [-0.2, 0) is 15.0 Å². The van der Waals surface area contributed by atoms with Gasteiger partial charge in [-0.15, -0.1) is 0 Å². The molecule has 1 unspecified atom stereocenters. The maximum Gasteiger partial charge on any atom is 0.314 e. The Morgan fingerprint density at radius 2 is 1.86 bits per heavy atom. The Balaban J connectivity index is 2.16. The molecule has 0 aliphatic carbocycles. The molecular formula is C16H22N2O3. The number of carbonyl (C=O) groups is 2. The molecule has 5 nitrogen and oxygen atoms in total. The van der Waals surface area contributed by atoms with Crippen molar-refractivity contribution in [2.24, 2.45) is 11.7 Å². The van der Waals surface area contributed by atoms with Gasteiger partial charge in [0.25, 0.3) is 0 Å². The number of rotatable bonds is 4. The van der Waals surface area contributed by atoms with Crippen LogP contribution in [0.15, 0.2) is 30.3 Å². The largest absolute Gasteiger partial charge is 0.481 e. The van der Waals surface area contributed by atoms with E-state index in [0.717, 1.165) is 5.56 Å². The second-order valence-electron chi connectivity index (χ2n) is 5.72. The number of benzene rings is 1. The van der Waals surface area contributed by atoms with E-state index in [1.54, 1.807) is 11.8 Å². The van der Waals surface area contributed by atoms with Crippen molar-refractivity contribution in [1.82, 2.24) is 4.90 Å². The van der Waals surface area contributed by atoms with Crippen LogP contribution in [-0.4, -0.2) is 41.5 Å². The summed E-state index contributed by atoms with van der Waals surface area (Å²) >= 11 is 0. The predicted octanol–water partition coefficient (Wildman–Crippen LogP) is 1.23. The van der Waals surface area contributed by atoms with Gasteiger partial charge in [0, 0.05) is 25.6 Å². The van der Waals surface area contributed by atoms with Crippen LogP contribution in [0.25, 0.3) is 0 Å². The first-order chi connectivity index (χ1) is 10.0. The zero-order valence-electron chi connectivity index (χ0n) is 12.3. The number of piperidine rings is 1. The van der Waals surface area contributed by atoms with E-state index in [0.29, 0.717) is 32.5 Å². The lowest BCUT2D eigenvalue weighted by Gasteiger charge is -2.40. The Kier molecular flexibility index (Phi) is 4.63. The summed E-state index contributed by atoms with van der Waals surface area (Å²) in [6.07, 6.45) is 0.880. The number of hydrogen-bond acceptors (Lipinski definition) is 3. The van der Waals surface area contributed by atoms with E-state index < -0.39 is 11.4 Å². The minimum absolute atomic E-state index is 0.0181. The van der Waals surface area contributed by atoms with Gasteiger partial charge < -0.3 is 15.7 Å². The molecule has 1 aliphatic rings. The SMILES string of the molecule is CC(CN)C(=O)N1CCC(C(=O)O)(c2ccccc2)CC1. The van der Waals surface area contributed by atoms with Crippen molar-refractivity contribution in [2.75, 3.05) is 19.6 Å². The normalized spacial score (nSPS) is 19.0. The Labute approximate surface area is 124 Å². The number of aliphatic carboxylic acids is 1. The molecule has 3 N–H and O–H groups in total. The first-order valence-corrected chi connectivity index (χ1v) is 7.29. The Morgan fingerprint density at radius 3 is 2.33 bits per heavy atom. The van der Waals surface area contributed by atoms with Crippen molar-refractivity contribution >= 4 is 11.9 Å². The molecule has 0 saturated carbocycles. The summed E-state index contributed by atoms with van der Waals surface area (Å²) in [7, 11) is 0. The van der Waals surface area contributed by atoms with Crippen LogP contribution in [0, 0.1) is 5.92 Å². The van der Waals surface area contributed by atoms with Crippen LogP contribution in [0.1, 0.15) is 25.3 Å². The van der Waals surface area contributed by atoms with Gasteiger partial charge in [-0.05, 0) is 18.4 Å². The van der Waals surface area contributed by atoms with Crippen LogP contribution in [0.3, 0.4) is 0 Å². The number of likely N-dealkylation sites (tertiary alicyclic amines) is 1. The van der Waals surface area contributed by atoms with Gasteiger partial charge in [0.05, 0.1) is 5.41 Å². The smallest absolute Gasteiger partial charge is 0.314 e. The highest BCUT2D eigenvalue weighted by Crippen LogP contribution is 2.36. The van der Waals surface area contributed by atoms with E-state index in [1.807, 2.05) is 30.3 Å². The summed E-state index contributed by atoms with van der Waals surface area (Å²) < 4.78 is 0. The molecule has 0 aromatic heterocycles. The molecule has 2 rings (SSSR count). The minimum atomic E-state index is -0.885. The second kappa shape index (κ2) is 6.26. The van der Waals surface area contributed by atoms with Crippen LogP contribution in [0.2, 0.25) is 0 Å². The third-order valence-corrected chi connectivity index (χ3v) is 4.44. The number of carboxylic acid groups (broad SMARTS) is 1. The number of amides is 1. The Hall–Kier alpha value is -1.88. The lowest BCUT2D eigenvalue weighted by molar-refractivity contribution is -0.149. The van der Waals surface area contributed by atoms with Crippen molar-refractivity contribution in [2.45, 2.75) is 25.2 Å². The average Bonchev–Trinajstić information content (AvgIpc) is 2.54. The fourth-order valence-corrected chi connectivity index (χ4v) is 2.90. The standard InChI is InChI=1S/C16H22N2O3/c1-12(11-17)14(19)18-9-7-16(8-10-18,15(20)21)13-5-3-2-4-6-13/h2-6,12H,7-11,17H2,1H3,(H,20,21). The predicted molar refractivity (Wildman–Crippen MR) is 79.8 cm³/mol. The van der Waals surface area contributed by atoms with Gasteiger partial charge in [-0.3, -0.25) is 9.59 Å². The molecule has 1 heterocycles. The van der Waals surface area contributed by atoms with E-state index in [9.17, 15) is 14.7 Å². The molecule has 1 atom stereocenters. The molecule has 1 aromatic rings. The number of hydrogen-bond donors (Lipinski definition) is 2. The van der Waals surface area contributed by atoms with E-state index >= 15 is 0 Å². The third-order valence-electron chi connectivity index (χ3n) is 4.44. The van der Waals surface area contributed by atoms with Gasteiger partial charge in [0.2, 0.25) is 5.91 Å². The third kappa shape index (κ3) is 2.93. The first kappa shape index (κ1) is 15.5. The van der Waals surface area contributed by atoms with Crippen LogP contribution >= 0.6 is 0 Å². The quantitative estimate of drug-likeness (QED) is 0.873. The second-order valence-corrected chi connectivity index (χ2v) is 5.72. The van der Waals surface area contributed by atoms with Crippen molar-refractivity contribution in [3.8, 4) is 0 Å². The molecular weight excluding hydrogens is 268 g/mol. The molecule has 21 heavy (non-hydrogen) atoms. The van der Waals surface area contributed by atoms with Gasteiger partial charge in [-0.1, -0.05) is 37.3 Å². The fourth-order valence-electron chi connectivity index (χ4n) is 2.90. The van der Waals surface area contributed by atoms with E-state index in [4.69, 9.17) is 5.73 Å². The van der Waals surface area contributed by atoms with E-state index in [-0.39, 0.29) is 11.8 Å². The summed E-state index contributed by atoms with van der Waals surface area (Å²) in [6.45, 7) is 3.05. The number of carbonyl (C=O) groups excluding carboxylic acids is 1. The Morgan fingerprint density at radius 1 is 1.29 bits per heavy atom. The zero-order chi connectivity index (χ0) is 15.5. The van der Waals surface area contributed by atoms with E-state index in [1.165, 1.54) is 0 Å². The molecule has 5 heteroatoms. The molecule has 1 aromatic carbocycles. The highest BCUT2D eigenvalue weighted by Gasteiger charge is 2.44. The molecule has 0 spiro atoms. The monoisotopic (exact) mass is 290 g/mol. The van der Waals surface area contributed by atoms with Crippen molar-refractivity contribution in [3.63, 3.8) is 0 Å². The number of carboxylic acids is 1. The van der Waals surface area contributed by atoms with Gasteiger partial charge in [0.15, 0.2) is 0 Å². The molecule has 0 radical (unpaired) electrons. The highest BCUT2D eigenvalue weighted by molar-refractivity contribution is 5.83. The van der Waals surface area contributed by atoms with Crippen LogP contribution in [0.5, 0.6) is 0 Å². The van der Waals surface area contributed by atoms with Crippen LogP contribution in [0.4, 0.5) is 0 Å². The zero-order valence-corrected chi connectivity index (χ0v) is 12.3. The van der Waals surface area contributed by atoms with Crippen molar-refractivity contribution in [3.05, 3.63) is 35.9 Å².